The Morgan fingerprint density at radius 3 is 2.52 bits per heavy atom. The number of amides is 1. The Bertz CT molecular complexity index is 1490. The molecule has 1 aliphatic rings. The first kappa shape index (κ1) is 28.8. The SMILES string of the molecule is COc1cc2c(c(OC)c1OC)-c1ccc(SC)c(=O)cc1[C@@H](NC(=O)c1cccc(CCO[N+](=O)[O-])c1)CC2. The van der Waals surface area contributed by atoms with Crippen LogP contribution in [0.4, 0.5) is 0 Å². The molecule has 0 aliphatic heterocycles. The molecular formula is C29H30N2O8S. The van der Waals surface area contributed by atoms with E-state index in [-0.39, 0.29) is 24.4 Å². The van der Waals surface area contributed by atoms with Gasteiger partial charge in [0.25, 0.3) is 11.0 Å². The van der Waals surface area contributed by atoms with Crippen LogP contribution in [0.25, 0.3) is 11.1 Å². The van der Waals surface area contributed by atoms with Crippen molar-refractivity contribution in [2.45, 2.75) is 30.2 Å². The number of benzene rings is 2. The zero-order valence-corrected chi connectivity index (χ0v) is 23.5. The highest BCUT2D eigenvalue weighted by Gasteiger charge is 2.30. The number of fused-ring (bicyclic) bond motifs is 3. The van der Waals surface area contributed by atoms with Crippen LogP contribution in [0, 0.1) is 10.1 Å². The van der Waals surface area contributed by atoms with Crippen LogP contribution in [0.2, 0.25) is 0 Å². The minimum atomic E-state index is -0.842. The average Bonchev–Trinajstić information content (AvgIpc) is 3.20. The van der Waals surface area contributed by atoms with Crippen molar-refractivity contribution in [3.63, 3.8) is 0 Å². The summed E-state index contributed by atoms with van der Waals surface area (Å²) in [5.74, 6) is 1.12. The van der Waals surface area contributed by atoms with Crippen molar-refractivity contribution < 1.29 is 28.9 Å². The fourth-order valence-corrected chi connectivity index (χ4v) is 5.43. The summed E-state index contributed by atoms with van der Waals surface area (Å²) in [5.41, 5.74) is 4.10. The van der Waals surface area contributed by atoms with Crippen LogP contribution in [0.15, 0.2) is 58.2 Å². The van der Waals surface area contributed by atoms with Crippen molar-refractivity contribution in [2.24, 2.45) is 0 Å². The summed E-state index contributed by atoms with van der Waals surface area (Å²) < 4.78 is 17.0. The fourth-order valence-electron chi connectivity index (χ4n) is 4.96. The first-order valence-corrected chi connectivity index (χ1v) is 13.7. The van der Waals surface area contributed by atoms with Gasteiger partial charge in [-0.3, -0.25) is 9.59 Å². The van der Waals surface area contributed by atoms with Crippen LogP contribution < -0.4 is 25.0 Å². The summed E-state index contributed by atoms with van der Waals surface area (Å²) in [6.45, 7) is -0.109. The second-order valence-corrected chi connectivity index (χ2v) is 9.88. The summed E-state index contributed by atoms with van der Waals surface area (Å²) in [7, 11) is 4.65. The monoisotopic (exact) mass is 566 g/mol. The highest BCUT2D eigenvalue weighted by molar-refractivity contribution is 7.98. The number of rotatable bonds is 10. The van der Waals surface area contributed by atoms with Gasteiger partial charge in [0.15, 0.2) is 16.9 Å². The third-order valence-corrected chi connectivity index (χ3v) is 7.58. The first-order valence-electron chi connectivity index (χ1n) is 12.5. The number of ether oxygens (including phenoxy) is 3. The van der Waals surface area contributed by atoms with E-state index >= 15 is 0 Å². The van der Waals surface area contributed by atoms with Gasteiger partial charge in [0, 0.05) is 11.1 Å². The van der Waals surface area contributed by atoms with Crippen molar-refractivity contribution in [3.8, 4) is 28.4 Å². The number of aryl methyl sites for hydroxylation is 1. The van der Waals surface area contributed by atoms with Gasteiger partial charge in [0.1, 0.15) is 6.61 Å². The van der Waals surface area contributed by atoms with Gasteiger partial charge in [-0.2, -0.15) is 0 Å². The molecule has 0 unspecified atom stereocenters. The zero-order valence-electron chi connectivity index (χ0n) is 22.6. The van der Waals surface area contributed by atoms with Gasteiger partial charge < -0.3 is 24.4 Å². The molecule has 0 aromatic heterocycles. The molecule has 3 aromatic carbocycles. The molecule has 0 fully saturated rings. The average molecular weight is 567 g/mol. The number of carbonyl (C=O) groups excluding carboxylic acids is 1. The van der Waals surface area contributed by atoms with Crippen molar-refractivity contribution in [2.75, 3.05) is 34.2 Å². The molecule has 0 saturated heterocycles. The van der Waals surface area contributed by atoms with E-state index in [9.17, 15) is 19.7 Å². The van der Waals surface area contributed by atoms with E-state index in [0.717, 1.165) is 22.3 Å². The van der Waals surface area contributed by atoms with Crippen LogP contribution in [0.5, 0.6) is 17.2 Å². The third kappa shape index (κ3) is 5.99. The quantitative estimate of drug-likeness (QED) is 0.212. The molecule has 1 aliphatic carbocycles. The van der Waals surface area contributed by atoms with Crippen LogP contribution >= 0.6 is 11.8 Å². The fraction of sp³-hybridized carbons (Fsp3) is 0.310. The second-order valence-electron chi connectivity index (χ2n) is 9.03. The lowest BCUT2D eigenvalue weighted by Crippen LogP contribution is -2.29. The Hall–Kier alpha value is -4.25. The van der Waals surface area contributed by atoms with Gasteiger partial charge in [-0.05, 0) is 78.1 Å². The molecule has 0 bridgehead atoms. The lowest BCUT2D eigenvalue weighted by molar-refractivity contribution is -0.757. The van der Waals surface area contributed by atoms with Crippen molar-refractivity contribution in [3.05, 3.63) is 91.1 Å². The van der Waals surface area contributed by atoms with Gasteiger partial charge >= 0.3 is 0 Å². The van der Waals surface area contributed by atoms with Gasteiger partial charge in [0.2, 0.25) is 5.75 Å². The van der Waals surface area contributed by atoms with Gasteiger partial charge in [-0.15, -0.1) is 21.9 Å². The molecule has 4 rings (SSSR count). The predicted octanol–water partition coefficient (Wildman–Crippen LogP) is 4.63. The Morgan fingerprint density at radius 1 is 1.07 bits per heavy atom. The Kier molecular flexibility index (Phi) is 9.15. The molecule has 210 valence electrons. The molecule has 11 heteroatoms. The number of hydrogen-bond acceptors (Lipinski definition) is 9. The number of hydrogen-bond donors (Lipinski definition) is 1. The summed E-state index contributed by atoms with van der Waals surface area (Å²) in [6.07, 6.45) is 3.20. The molecular weight excluding hydrogens is 536 g/mol. The van der Waals surface area contributed by atoms with Gasteiger partial charge in [0.05, 0.1) is 32.3 Å². The third-order valence-electron chi connectivity index (χ3n) is 6.80. The lowest BCUT2D eigenvalue weighted by atomic mass is 9.95. The maximum Gasteiger partial charge on any atom is 0.294 e. The van der Waals surface area contributed by atoms with Crippen LogP contribution in [0.1, 0.15) is 39.5 Å². The first-order chi connectivity index (χ1) is 19.3. The standard InChI is InChI=1S/C29H30N2O8S/c1-36-24-15-18-8-10-22(30-29(33)19-7-5-6-17(14-19)12-13-39-31(34)35)21-16-23(32)25(40-4)11-9-20(21)26(18)28(38-3)27(24)37-2/h5-7,9,11,14-16,22H,8,10,12-13H2,1-4H3,(H,30,33)/t22-/m0/s1. The van der Waals surface area contributed by atoms with Crippen LogP contribution in [-0.2, 0) is 17.7 Å². The lowest BCUT2D eigenvalue weighted by Gasteiger charge is -2.20. The predicted molar refractivity (Wildman–Crippen MR) is 151 cm³/mol. The molecule has 3 aromatic rings. The highest BCUT2D eigenvalue weighted by Crippen LogP contribution is 2.50. The number of nitrogens with zero attached hydrogens (tertiary/aromatic N) is 1. The minimum Gasteiger partial charge on any atom is -0.493 e. The molecule has 0 spiro atoms. The van der Waals surface area contributed by atoms with Gasteiger partial charge in [-0.1, -0.05) is 18.2 Å². The van der Waals surface area contributed by atoms with Crippen molar-refractivity contribution in [1.82, 2.24) is 5.32 Å². The molecule has 0 saturated carbocycles. The number of nitrogens with one attached hydrogen (secondary N) is 1. The number of carbonyl (C=O) groups is 1. The topological polar surface area (TPSA) is 126 Å². The molecule has 1 N–H and O–H groups in total. The number of thioether (sulfide) groups is 1. The van der Waals surface area contributed by atoms with E-state index in [1.54, 1.807) is 50.6 Å². The van der Waals surface area contributed by atoms with E-state index in [1.165, 1.54) is 18.9 Å². The highest BCUT2D eigenvalue weighted by atomic mass is 32.2. The molecule has 0 heterocycles. The molecule has 10 nitrogen and oxygen atoms in total. The van der Waals surface area contributed by atoms with E-state index in [0.29, 0.717) is 46.1 Å². The van der Waals surface area contributed by atoms with E-state index < -0.39 is 11.1 Å². The second kappa shape index (κ2) is 12.7. The minimum absolute atomic E-state index is 0.109. The number of methoxy groups -OCH3 is 3. The largest absolute Gasteiger partial charge is 0.493 e. The zero-order chi connectivity index (χ0) is 28.8. The van der Waals surface area contributed by atoms with E-state index in [2.05, 4.69) is 10.2 Å². The Labute approximate surface area is 235 Å². The normalized spacial score (nSPS) is 13.8. The summed E-state index contributed by atoms with van der Waals surface area (Å²) in [4.78, 5) is 42.1. The van der Waals surface area contributed by atoms with Crippen molar-refractivity contribution >= 4 is 17.7 Å². The van der Waals surface area contributed by atoms with Crippen molar-refractivity contribution in [1.29, 1.82) is 0 Å². The summed E-state index contributed by atoms with van der Waals surface area (Å²) in [5, 5.41) is 12.7. The van der Waals surface area contributed by atoms with Crippen LogP contribution in [0.3, 0.4) is 0 Å². The van der Waals surface area contributed by atoms with E-state index in [4.69, 9.17) is 14.2 Å². The molecule has 0 radical (unpaired) electrons. The molecule has 1 amide bonds. The maximum absolute atomic E-state index is 13.5. The summed E-state index contributed by atoms with van der Waals surface area (Å²) in [6, 6.07) is 13.5. The molecule has 40 heavy (non-hydrogen) atoms. The Balaban J connectivity index is 1.79. The Morgan fingerprint density at radius 2 is 1.85 bits per heavy atom. The maximum atomic E-state index is 13.5. The molecule has 1 atom stereocenters. The van der Waals surface area contributed by atoms with E-state index in [1.807, 2.05) is 18.4 Å². The van der Waals surface area contributed by atoms with Gasteiger partial charge in [-0.25, -0.2) is 0 Å². The van der Waals surface area contributed by atoms with Crippen LogP contribution in [-0.4, -0.2) is 45.2 Å². The summed E-state index contributed by atoms with van der Waals surface area (Å²) >= 11 is 1.35. The smallest absolute Gasteiger partial charge is 0.294 e.